The summed E-state index contributed by atoms with van der Waals surface area (Å²) >= 11 is 0. The van der Waals surface area contributed by atoms with Gasteiger partial charge < -0.3 is 10.3 Å². The Morgan fingerprint density at radius 2 is 2.00 bits per heavy atom. The zero-order valence-electron chi connectivity index (χ0n) is 10.2. The second-order valence-electron chi connectivity index (χ2n) is 4.31. The summed E-state index contributed by atoms with van der Waals surface area (Å²) in [5.41, 5.74) is 10.1. The number of rotatable bonds is 2. The zero-order chi connectivity index (χ0) is 12.5. The number of para-hydroxylation sites is 2. The van der Waals surface area contributed by atoms with Crippen molar-refractivity contribution in [2.75, 3.05) is 5.73 Å². The summed E-state index contributed by atoms with van der Waals surface area (Å²) in [6, 6.07) is 11.9. The SMILES string of the molecule is Cc1cccnc1Cn1c(N)nc2ccccc21. The van der Waals surface area contributed by atoms with Crippen LogP contribution in [-0.4, -0.2) is 14.5 Å². The Labute approximate surface area is 105 Å². The van der Waals surface area contributed by atoms with Crippen molar-refractivity contribution in [3.8, 4) is 0 Å². The molecule has 0 bridgehead atoms. The van der Waals surface area contributed by atoms with Crippen LogP contribution in [0.3, 0.4) is 0 Å². The number of aryl methyl sites for hydroxylation is 1. The van der Waals surface area contributed by atoms with Crippen LogP contribution >= 0.6 is 0 Å². The van der Waals surface area contributed by atoms with Crippen LogP contribution < -0.4 is 5.73 Å². The lowest BCUT2D eigenvalue weighted by Crippen LogP contribution is -2.07. The number of fused-ring (bicyclic) bond motifs is 1. The Morgan fingerprint density at radius 3 is 2.83 bits per heavy atom. The lowest BCUT2D eigenvalue weighted by Gasteiger charge is -2.08. The van der Waals surface area contributed by atoms with Crippen molar-refractivity contribution in [2.45, 2.75) is 13.5 Å². The molecule has 4 nitrogen and oxygen atoms in total. The van der Waals surface area contributed by atoms with Gasteiger partial charge in [-0.2, -0.15) is 0 Å². The molecule has 0 aliphatic heterocycles. The Hall–Kier alpha value is -2.36. The Morgan fingerprint density at radius 1 is 1.17 bits per heavy atom. The van der Waals surface area contributed by atoms with Crippen molar-refractivity contribution in [3.05, 3.63) is 53.9 Å². The molecule has 3 aromatic rings. The van der Waals surface area contributed by atoms with Gasteiger partial charge in [-0.1, -0.05) is 18.2 Å². The van der Waals surface area contributed by atoms with Gasteiger partial charge in [0.2, 0.25) is 5.95 Å². The van der Waals surface area contributed by atoms with Gasteiger partial charge in [0.1, 0.15) is 0 Å². The van der Waals surface area contributed by atoms with Crippen molar-refractivity contribution in [1.29, 1.82) is 0 Å². The average Bonchev–Trinajstić information content (AvgIpc) is 2.69. The summed E-state index contributed by atoms with van der Waals surface area (Å²) in [5.74, 6) is 0.529. The van der Waals surface area contributed by atoms with Crippen molar-refractivity contribution >= 4 is 17.0 Å². The van der Waals surface area contributed by atoms with E-state index in [1.54, 1.807) is 6.20 Å². The van der Waals surface area contributed by atoms with E-state index >= 15 is 0 Å². The lowest BCUT2D eigenvalue weighted by atomic mass is 10.2. The number of hydrogen-bond acceptors (Lipinski definition) is 3. The lowest BCUT2D eigenvalue weighted by molar-refractivity contribution is 0.802. The van der Waals surface area contributed by atoms with E-state index in [1.165, 1.54) is 0 Å². The molecule has 0 fully saturated rings. The molecular formula is C14H14N4. The molecule has 0 saturated heterocycles. The molecule has 2 heterocycles. The Kier molecular flexibility index (Phi) is 2.48. The smallest absolute Gasteiger partial charge is 0.201 e. The third kappa shape index (κ3) is 1.72. The number of nitrogens with two attached hydrogens (primary N) is 1. The minimum absolute atomic E-state index is 0.529. The van der Waals surface area contributed by atoms with Crippen LogP contribution in [-0.2, 0) is 6.54 Å². The highest BCUT2D eigenvalue weighted by molar-refractivity contribution is 5.78. The highest BCUT2D eigenvalue weighted by Gasteiger charge is 2.09. The van der Waals surface area contributed by atoms with Crippen LogP contribution in [0.15, 0.2) is 42.6 Å². The van der Waals surface area contributed by atoms with Crippen molar-refractivity contribution < 1.29 is 0 Å². The predicted octanol–water partition coefficient (Wildman–Crippen LogP) is 2.37. The number of anilines is 1. The largest absolute Gasteiger partial charge is 0.369 e. The highest BCUT2D eigenvalue weighted by Crippen LogP contribution is 2.19. The van der Waals surface area contributed by atoms with Gasteiger partial charge in [0.25, 0.3) is 0 Å². The van der Waals surface area contributed by atoms with Gasteiger partial charge in [-0.05, 0) is 30.7 Å². The number of pyridine rings is 1. The topological polar surface area (TPSA) is 56.7 Å². The van der Waals surface area contributed by atoms with E-state index in [1.807, 2.05) is 34.9 Å². The van der Waals surface area contributed by atoms with Crippen molar-refractivity contribution in [3.63, 3.8) is 0 Å². The van der Waals surface area contributed by atoms with E-state index in [9.17, 15) is 0 Å². The molecule has 2 aromatic heterocycles. The molecule has 0 saturated carbocycles. The molecule has 0 radical (unpaired) electrons. The second kappa shape index (κ2) is 4.14. The fourth-order valence-electron chi connectivity index (χ4n) is 2.09. The third-order valence-electron chi connectivity index (χ3n) is 3.11. The van der Waals surface area contributed by atoms with E-state index in [-0.39, 0.29) is 0 Å². The molecule has 0 aliphatic carbocycles. The maximum absolute atomic E-state index is 5.98. The molecule has 4 heteroatoms. The third-order valence-corrected chi connectivity index (χ3v) is 3.11. The minimum Gasteiger partial charge on any atom is -0.369 e. The Balaban J connectivity index is 2.10. The minimum atomic E-state index is 0.529. The second-order valence-corrected chi connectivity index (χ2v) is 4.31. The Bertz CT molecular complexity index is 700. The molecule has 2 N–H and O–H groups in total. The normalized spacial score (nSPS) is 10.9. The number of nitrogen functional groups attached to an aromatic ring is 1. The molecule has 0 unspecified atom stereocenters. The fraction of sp³-hybridized carbons (Fsp3) is 0.143. The molecule has 0 atom stereocenters. The van der Waals surface area contributed by atoms with Gasteiger partial charge in [-0.25, -0.2) is 4.98 Å². The highest BCUT2D eigenvalue weighted by atomic mass is 15.2. The number of benzene rings is 1. The van der Waals surface area contributed by atoms with Gasteiger partial charge in [-0.3, -0.25) is 4.98 Å². The molecule has 1 aromatic carbocycles. The van der Waals surface area contributed by atoms with Crippen LogP contribution in [0.4, 0.5) is 5.95 Å². The summed E-state index contributed by atoms with van der Waals surface area (Å²) in [7, 11) is 0. The molecule has 0 amide bonds. The molecule has 18 heavy (non-hydrogen) atoms. The quantitative estimate of drug-likeness (QED) is 0.745. The van der Waals surface area contributed by atoms with Gasteiger partial charge in [0.15, 0.2) is 0 Å². The van der Waals surface area contributed by atoms with Crippen LogP contribution in [0.2, 0.25) is 0 Å². The maximum atomic E-state index is 5.98. The molecule has 0 spiro atoms. The summed E-state index contributed by atoms with van der Waals surface area (Å²) in [4.78, 5) is 8.75. The maximum Gasteiger partial charge on any atom is 0.201 e. The van der Waals surface area contributed by atoms with Crippen LogP contribution in [0.25, 0.3) is 11.0 Å². The summed E-state index contributed by atoms with van der Waals surface area (Å²) in [6.07, 6.45) is 1.80. The van der Waals surface area contributed by atoms with Gasteiger partial charge in [-0.15, -0.1) is 0 Å². The van der Waals surface area contributed by atoms with E-state index < -0.39 is 0 Å². The molecule has 90 valence electrons. The summed E-state index contributed by atoms with van der Waals surface area (Å²) in [5, 5.41) is 0. The number of nitrogens with zero attached hydrogens (tertiary/aromatic N) is 3. The van der Waals surface area contributed by atoms with E-state index in [0.29, 0.717) is 12.5 Å². The van der Waals surface area contributed by atoms with Crippen LogP contribution in [0, 0.1) is 6.92 Å². The molecule has 3 rings (SSSR count). The summed E-state index contributed by atoms with van der Waals surface area (Å²) in [6.45, 7) is 2.71. The van der Waals surface area contributed by atoms with Gasteiger partial charge >= 0.3 is 0 Å². The zero-order valence-corrected chi connectivity index (χ0v) is 10.2. The molecule has 0 aliphatic rings. The van der Waals surface area contributed by atoms with Gasteiger partial charge in [0, 0.05) is 6.20 Å². The molecular weight excluding hydrogens is 224 g/mol. The van der Waals surface area contributed by atoms with Crippen LogP contribution in [0.5, 0.6) is 0 Å². The standard InChI is InChI=1S/C14H14N4/c1-10-5-4-8-16-12(10)9-18-13-7-3-2-6-11(13)17-14(18)15/h2-8H,9H2,1H3,(H2,15,17). The summed E-state index contributed by atoms with van der Waals surface area (Å²) < 4.78 is 1.99. The fourth-order valence-corrected chi connectivity index (χ4v) is 2.09. The number of hydrogen-bond donors (Lipinski definition) is 1. The van der Waals surface area contributed by atoms with Crippen molar-refractivity contribution in [2.24, 2.45) is 0 Å². The van der Waals surface area contributed by atoms with Crippen molar-refractivity contribution in [1.82, 2.24) is 14.5 Å². The first kappa shape index (κ1) is 10.8. The first-order valence-electron chi connectivity index (χ1n) is 5.87. The van der Waals surface area contributed by atoms with Crippen LogP contribution in [0.1, 0.15) is 11.3 Å². The van der Waals surface area contributed by atoms with E-state index in [0.717, 1.165) is 22.3 Å². The number of aromatic nitrogens is 3. The first-order chi connectivity index (χ1) is 8.75. The van der Waals surface area contributed by atoms with Gasteiger partial charge in [0.05, 0.1) is 23.3 Å². The van der Waals surface area contributed by atoms with E-state index in [2.05, 4.69) is 23.0 Å². The monoisotopic (exact) mass is 238 g/mol. The average molecular weight is 238 g/mol. The number of imidazole rings is 1. The predicted molar refractivity (Wildman–Crippen MR) is 72.2 cm³/mol. The first-order valence-corrected chi connectivity index (χ1v) is 5.87. The van der Waals surface area contributed by atoms with E-state index in [4.69, 9.17) is 5.73 Å².